The summed E-state index contributed by atoms with van der Waals surface area (Å²) in [5.41, 5.74) is 5.97. The van der Waals surface area contributed by atoms with Crippen LogP contribution >= 0.6 is 0 Å². The molecule has 0 aromatic heterocycles. The Morgan fingerprint density at radius 2 is 1.60 bits per heavy atom. The summed E-state index contributed by atoms with van der Waals surface area (Å²) < 4.78 is 6.51. The topological polar surface area (TPSA) is 54.8 Å². The highest BCUT2D eigenvalue weighted by molar-refractivity contribution is 5.16. The first-order valence-electron chi connectivity index (χ1n) is 12.7. The van der Waals surface area contributed by atoms with E-state index in [1.54, 1.807) is 0 Å². The normalized spacial score (nSPS) is 30.9. The van der Waals surface area contributed by atoms with Crippen molar-refractivity contribution in [1.29, 1.82) is 0 Å². The monoisotopic (exact) mass is 419 g/mol. The van der Waals surface area contributed by atoms with E-state index in [9.17, 15) is 0 Å². The fraction of sp³-hybridized carbons (Fsp3) is 0.960. The number of hydrogen-bond donors (Lipinski definition) is 1. The maximum atomic E-state index is 7.27. The van der Waals surface area contributed by atoms with Gasteiger partial charge in [-0.2, -0.15) is 5.53 Å². The van der Waals surface area contributed by atoms with Gasteiger partial charge < -0.3 is 4.74 Å². The van der Waals surface area contributed by atoms with E-state index in [0.29, 0.717) is 12.7 Å². The van der Waals surface area contributed by atoms with Gasteiger partial charge in [-0.25, -0.2) is 11.5 Å². The van der Waals surface area contributed by atoms with Crippen LogP contribution in [0, 0.1) is 12.0 Å². The lowest BCUT2D eigenvalue weighted by Crippen LogP contribution is -2.72. The molecular formula is C25H47N4O+. The van der Waals surface area contributed by atoms with Crippen molar-refractivity contribution in [2.75, 3.05) is 20.3 Å². The fourth-order valence-electron chi connectivity index (χ4n) is 5.98. The van der Waals surface area contributed by atoms with Crippen molar-refractivity contribution in [1.82, 2.24) is 4.90 Å². The van der Waals surface area contributed by atoms with Crippen LogP contribution in [-0.2, 0) is 4.74 Å². The Hall–Kier alpha value is -0.990. The predicted molar refractivity (Wildman–Crippen MR) is 123 cm³/mol. The van der Waals surface area contributed by atoms with Crippen LogP contribution in [0.1, 0.15) is 110 Å². The summed E-state index contributed by atoms with van der Waals surface area (Å²) >= 11 is 0. The second kappa shape index (κ2) is 12.8. The maximum Gasteiger partial charge on any atom is 0.270 e. The second-order valence-corrected chi connectivity index (χ2v) is 9.94. The number of unbranched alkanes of at least 4 members (excludes halogenated alkanes) is 8. The largest absolute Gasteiger partial charge is 0.371 e. The molecule has 172 valence electrons. The highest BCUT2D eigenvalue weighted by Crippen LogP contribution is 2.59. The Morgan fingerprint density at radius 3 is 2.13 bits per heavy atom. The minimum Gasteiger partial charge on any atom is -0.371 e. The molecule has 0 amide bonds. The molecule has 1 heterocycles. The second-order valence-electron chi connectivity index (χ2n) is 9.94. The number of nitrogens with two attached hydrogens (primary N) is 1. The highest BCUT2D eigenvalue weighted by Gasteiger charge is 2.66. The molecule has 0 aromatic carbocycles. The molecule has 0 radical (unpaired) electrons. The number of nitrogens with zero attached hydrogens (tertiary/aromatic N) is 3. The molecule has 2 aliphatic rings. The lowest BCUT2D eigenvalue weighted by Gasteiger charge is -2.63. The molecule has 2 N–H and O–H groups in total. The Kier molecular flexibility index (Phi) is 10.8. The first kappa shape index (κ1) is 25.3. The van der Waals surface area contributed by atoms with E-state index < -0.39 is 0 Å². The molecule has 4 unspecified atom stereocenters. The Balaban J connectivity index is 2.12. The van der Waals surface area contributed by atoms with Crippen molar-refractivity contribution < 1.29 is 10.3 Å². The molecule has 5 heteroatoms. The Labute approximate surface area is 185 Å². The van der Waals surface area contributed by atoms with Crippen molar-refractivity contribution in [3.05, 3.63) is 11.4 Å². The molecular weight excluding hydrogens is 372 g/mol. The van der Waals surface area contributed by atoms with Gasteiger partial charge in [0.15, 0.2) is 0 Å². The molecule has 2 fully saturated rings. The molecule has 2 rings (SSSR count). The average molecular weight is 420 g/mol. The zero-order valence-corrected chi connectivity index (χ0v) is 20.0. The number of rotatable bonds is 15. The van der Waals surface area contributed by atoms with Gasteiger partial charge in [-0.05, 0) is 44.3 Å². The molecule has 1 aliphatic heterocycles. The van der Waals surface area contributed by atoms with Crippen molar-refractivity contribution in [3.63, 3.8) is 0 Å². The highest BCUT2D eigenvalue weighted by atomic mass is 16.5. The minimum absolute atomic E-state index is 0.107. The van der Waals surface area contributed by atoms with E-state index in [0.717, 1.165) is 25.9 Å². The van der Waals surface area contributed by atoms with Crippen LogP contribution in [-0.4, -0.2) is 42.9 Å². The van der Waals surface area contributed by atoms with E-state index in [-0.39, 0.29) is 17.1 Å². The van der Waals surface area contributed by atoms with E-state index in [1.807, 2.05) is 0 Å². The summed E-state index contributed by atoms with van der Waals surface area (Å²) in [5, 5.41) is 4.37. The Morgan fingerprint density at radius 1 is 1.00 bits per heavy atom. The lowest BCUT2D eigenvalue weighted by atomic mass is 9.54. The van der Waals surface area contributed by atoms with Crippen LogP contribution in [0.3, 0.4) is 0 Å². The average Bonchev–Trinajstić information content (AvgIpc) is 2.76. The standard InChI is InChI=1S/C25H46N4O/c1-5-7-9-11-12-14-18-24(17-13-10-8-6-2)20-30-25(24)19-22(29(4)21-27-3)15-16-23(25)28-26/h22-23,26H,5-21H2,1-2,4H3/p+1. The number of ether oxygens (including phenoxy) is 1. The predicted octanol–water partition coefficient (Wildman–Crippen LogP) is 5.40. The van der Waals surface area contributed by atoms with E-state index in [1.165, 1.54) is 77.0 Å². The zero-order chi connectivity index (χ0) is 21.9. The van der Waals surface area contributed by atoms with Crippen LogP contribution in [0.4, 0.5) is 0 Å². The van der Waals surface area contributed by atoms with E-state index in [2.05, 4.69) is 35.8 Å². The van der Waals surface area contributed by atoms with Gasteiger partial charge in [-0.15, -0.1) is 0 Å². The van der Waals surface area contributed by atoms with Gasteiger partial charge in [-0.3, -0.25) is 4.85 Å². The molecule has 5 nitrogen and oxygen atoms in total. The van der Waals surface area contributed by atoms with Crippen molar-refractivity contribution in [2.45, 2.75) is 128 Å². The van der Waals surface area contributed by atoms with Crippen LogP contribution in [0.25, 0.3) is 4.85 Å². The first-order valence-corrected chi connectivity index (χ1v) is 12.7. The van der Waals surface area contributed by atoms with Gasteiger partial charge >= 0.3 is 0 Å². The van der Waals surface area contributed by atoms with E-state index in [4.69, 9.17) is 16.8 Å². The van der Waals surface area contributed by atoms with Gasteiger partial charge in [0.05, 0.1) is 6.61 Å². The quantitative estimate of drug-likeness (QED) is 0.219. The molecule has 1 saturated heterocycles. The number of hydrogen-bond acceptors (Lipinski definition) is 3. The van der Waals surface area contributed by atoms with Crippen LogP contribution < -0.4 is 5.53 Å². The summed E-state index contributed by atoms with van der Waals surface area (Å²) in [6.45, 7) is 13.2. The van der Waals surface area contributed by atoms with Crippen LogP contribution in [0.15, 0.2) is 5.11 Å². The Bertz CT molecular complexity index is 548. The fourth-order valence-corrected chi connectivity index (χ4v) is 5.98. The SMILES string of the molecule is [C-]#[N+]CN(C)C1CCC(N=[NH2+])C2(C1)OCC2(CCCCCC)CCCCCCCC. The van der Waals surface area contributed by atoms with Gasteiger partial charge in [0, 0.05) is 11.5 Å². The molecule has 1 spiro atoms. The summed E-state index contributed by atoms with van der Waals surface area (Å²) in [5.74, 6) is 0. The van der Waals surface area contributed by atoms with E-state index >= 15 is 0 Å². The third kappa shape index (κ3) is 5.82. The third-order valence-electron chi connectivity index (χ3n) is 7.97. The molecule has 1 saturated carbocycles. The molecule has 0 bridgehead atoms. The summed E-state index contributed by atoms with van der Waals surface area (Å²) in [6.07, 6.45) is 18.7. The molecule has 1 aliphatic carbocycles. The minimum atomic E-state index is -0.212. The summed E-state index contributed by atoms with van der Waals surface area (Å²) in [6, 6.07) is 0.507. The first-order chi connectivity index (χ1) is 14.6. The van der Waals surface area contributed by atoms with Crippen LogP contribution in [0.2, 0.25) is 0 Å². The lowest BCUT2D eigenvalue weighted by molar-refractivity contribution is -0.324. The molecule has 0 aromatic rings. The van der Waals surface area contributed by atoms with Gasteiger partial charge in [0.1, 0.15) is 11.6 Å². The maximum absolute atomic E-state index is 7.27. The zero-order valence-electron chi connectivity index (χ0n) is 20.0. The van der Waals surface area contributed by atoms with Gasteiger partial charge in [-0.1, -0.05) is 78.1 Å². The summed E-state index contributed by atoms with van der Waals surface area (Å²) in [7, 11) is 2.09. The molecule has 4 atom stereocenters. The smallest absolute Gasteiger partial charge is 0.270 e. The third-order valence-corrected chi connectivity index (χ3v) is 7.97. The van der Waals surface area contributed by atoms with Crippen molar-refractivity contribution in [2.24, 2.45) is 10.5 Å². The van der Waals surface area contributed by atoms with Gasteiger partial charge in [0.25, 0.3) is 6.67 Å². The van der Waals surface area contributed by atoms with Crippen LogP contribution in [0.5, 0.6) is 0 Å². The summed E-state index contributed by atoms with van der Waals surface area (Å²) in [4.78, 5) is 5.84. The van der Waals surface area contributed by atoms with Gasteiger partial charge in [0.2, 0.25) is 0 Å². The molecule has 30 heavy (non-hydrogen) atoms. The van der Waals surface area contributed by atoms with Crippen molar-refractivity contribution in [3.8, 4) is 0 Å². The van der Waals surface area contributed by atoms with Crippen molar-refractivity contribution >= 4 is 0 Å².